The van der Waals surface area contributed by atoms with Crippen LogP contribution < -0.4 is 5.32 Å². The third-order valence-corrected chi connectivity index (χ3v) is 6.58. The quantitative estimate of drug-likeness (QED) is 0.756. The van der Waals surface area contributed by atoms with Crippen LogP contribution in [-0.4, -0.2) is 31.7 Å². The number of rotatable bonds is 1. The molecule has 0 bridgehead atoms. The Bertz CT molecular complexity index is 730. The highest BCUT2D eigenvalue weighted by Gasteiger charge is 2.54. The minimum Gasteiger partial charge on any atom is -0.296 e. The van der Waals surface area contributed by atoms with Crippen LogP contribution in [0.5, 0.6) is 0 Å². The molecule has 2 heterocycles. The summed E-state index contributed by atoms with van der Waals surface area (Å²) in [6.07, 6.45) is 0.431. The van der Waals surface area contributed by atoms with E-state index in [1.165, 1.54) is 0 Å². The lowest BCUT2D eigenvalue weighted by Gasteiger charge is -2.39. The van der Waals surface area contributed by atoms with Crippen molar-refractivity contribution in [3.05, 3.63) is 34.3 Å². The number of hydrogen-bond donors (Lipinski definition) is 1. The molecule has 1 N–H and O–H groups in total. The van der Waals surface area contributed by atoms with Crippen LogP contribution >= 0.6 is 15.9 Å². The van der Waals surface area contributed by atoms with Crippen LogP contribution in [0.4, 0.5) is 0 Å². The van der Waals surface area contributed by atoms with Crippen molar-refractivity contribution in [1.29, 1.82) is 0 Å². The number of carbonyl (C=O) groups is 2. The first-order valence-electron chi connectivity index (χ1n) is 6.61. The van der Waals surface area contributed by atoms with Crippen molar-refractivity contribution >= 4 is 37.6 Å². The van der Waals surface area contributed by atoms with Gasteiger partial charge in [0, 0.05) is 16.3 Å². The van der Waals surface area contributed by atoms with E-state index in [2.05, 4.69) is 21.2 Å². The van der Waals surface area contributed by atoms with Gasteiger partial charge >= 0.3 is 0 Å². The number of hydrogen-bond acceptors (Lipinski definition) is 4. The van der Waals surface area contributed by atoms with E-state index < -0.39 is 27.1 Å². The van der Waals surface area contributed by atoms with Gasteiger partial charge in [-0.3, -0.25) is 14.9 Å². The molecule has 0 saturated carbocycles. The molecule has 21 heavy (non-hydrogen) atoms. The van der Waals surface area contributed by atoms with Crippen molar-refractivity contribution < 1.29 is 18.0 Å². The van der Waals surface area contributed by atoms with E-state index in [9.17, 15) is 18.0 Å². The minimum atomic E-state index is -3.20. The molecule has 5 nitrogen and oxygen atoms in total. The van der Waals surface area contributed by atoms with Crippen molar-refractivity contribution in [2.24, 2.45) is 5.41 Å². The first kappa shape index (κ1) is 14.7. The first-order chi connectivity index (χ1) is 9.81. The van der Waals surface area contributed by atoms with Crippen LogP contribution in [0.25, 0.3) is 0 Å². The second-order valence-electron chi connectivity index (χ2n) is 5.78. The number of imide groups is 1. The number of carbonyl (C=O) groups excluding carboxylic acids is 2. The van der Waals surface area contributed by atoms with E-state index in [1.54, 1.807) is 12.1 Å². The Morgan fingerprint density at radius 3 is 2.67 bits per heavy atom. The zero-order valence-corrected chi connectivity index (χ0v) is 13.5. The van der Waals surface area contributed by atoms with Crippen molar-refractivity contribution in [2.75, 3.05) is 11.5 Å². The monoisotopic (exact) mass is 371 g/mol. The number of sulfone groups is 1. The van der Waals surface area contributed by atoms with Crippen LogP contribution in [0.3, 0.4) is 0 Å². The smallest absolute Gasteiger partial charge is 0.234 e. The summed E-state index contributed by atoms with van der Waals surface area (Å²) in [4.78, 5) is 24.1. The second-order valence-corrected chi connectivity index (χ2v) is 8.88. The number of amides is 2. The van der Waals surface area contributed by atoms with E-state index in [1.807, 2.05) is 12.1 Å². The lowest BCUT2D eigenvalue weighted by atomic mass is 9.67. The normalized spacial score (nSPS) is 31.4. The lowest BCUT2D eigenvalue weighted by Crippen LogP contribution is -2.51. The van der Waals surface area contributed by atoms with Gasteiger partial charge in [-0.1, -0.05) is 28.1 Å². The summed E-state index contributed by atoms with van der Waals surface area (Å²) in [5.74, 6) is -1.45. The van der Waals surface area contributed by atoms with Gasteiger partial charge in [-0.05, 0) is 24.1 Å². The van der Waals surface area contributed by atoms with Crippen LogP contribution in [0, 0.1) is 5.41 Å². The Labute approximate surface area is 131 Å². The average Bonchev–Trinajstić information content (AvgIpc) is 2.64. The Morgan fingerprint density at radius 1 is 1.29 bits per heavy atom. The SMILES string of the molecule is O=C1CC2(CCS(=O)(=O)C2)C(c2cccc(Br)c2)C(=O)N1. The van der Waals surface area contributed by atoms with Crippen LogP contribution in [0.15, 0.2) is 28.7 Å². The standard InChI is InChI=1S/C14H14BrNO4S/c15-10-3-1-2-9(6-10)12-13(18)16-11(17)7-14(12)4-5-21(19,20)8-14/h1-3,6,12H,4-5,7-8H2,(H,16,17,18). The highest BCUT2D eigenvalue weighted by molar-refractivity contribution is 9.10. The van der Waals surface area contributed by atoms with Gasteiger partial charge in [0.25, 0.3) is 0 Å². The number of nitrogens with one attached hydrogen (secondary N) is 1. The Morgan fingerprint density at radius 2 is 2.05 bits per heavy atom. The predicted octanol–water partition coefficient (Wildman–Crippen LogP) is 1.38. The maximum Gasteiger partial charge on any atom is 0.234 e. The zero-order chi connectivity index (χ0) is 15.3. The van der Waals surface area contributed by atoms with Crippen LogP contribution in [0.2, 0.25) is 0 Å². The highest BCUT2D eigenvalue weighted by Crippen LogP contribution is 2.49. The fraction of sp³-hybridized carbons (Fsp3) is 0.429. The van der Waals surface area contributed by atoms with Crippen molar-refractivity contribution in [2.45, 2.75) is 18.8 Å². The first-order valence-corrected chi connectivity index (χ1v) is 9.22. The maximum absolute atomic E-state index is 12.3. The van der Waals surface area contributed by atoms with Crippen molar-refractivity contribution in [3.63, 3.8) is 0 Å². The fourth-order valence-corrected chi connectivity index (χ4v) is 6.02. The summed E-state index contributed by atoms with van der Waals surface area (Å²) in [7, 11) is -3.20. The summed E-state index contributed by atoms with van der Waals surface area (Å²) < 4.78 is 24.6. The molecule has 1 spiro atoms. The summed E-state index contributed by atoms with van der Waals surface area (Å²) in [5.41, 5.74) is -0.0644. The van der Waals surface area contributed by atoms with E-state index >= 15 is 0 Å². The summed E-state index contributed by atoms with van der Waals surface area (Å²) in [6.45, 7) is 0. The number of halogens is 1. The maximum atomic E-state index is 12.3. The van der Waals surface area contributed by atoms with Gasteiger partial charge in [-0.15, -0.1) is 0 Å². The molecule has 0 aromatic heterocycles. The fourth-order valence-electron chi connectivity index (χ4n) is 3.45. The molecule has 112 valence electrons. The average molecular weight is 372 g/mol. The van der Waals surface area contributed by atoms with E-state index in [0.717, 1.165) is 10.0 Å². The summed E-state index contributed by atoms with van der Waals surface area (Å²) in [6, 6.07) is 7.26. The van der Waals surface area contributed by atoms with E-state index in [0.29, 0.717) is 6.42 Å². The summed E-state index contributed by atoms with van der Waals surface area (Å²) >= 11 is 3.36. The molecule has 2 unspecified atom stereocenters. The van der Waals surface area contributed by atoms with Gasteiger partial charge in [0.1, 0.15) is 0 Å². The molecule has 3 rings (SSSR count). The van der Waals surface area contributed by atoms with Gasteiger partial charge in [0.2, 0.25) is 11.8 Å². The molecule has 0 radical (unpaired) electrons. The molecule has 2 saturated heterocycles. The van der Waals surface area contributed by atoms with Crippen LogP contribution in [0.1, 0.15) is 24.3 Å². The second kappa shape index (κ2) is 4.91. The molecule has 2 aliphatic rings. The Kier molecular flexibility index (Phi) is 3.44. The molecule has 2 fully saturated rings. The Balaban J connectivity index is 2.10. The van der Waals surface area contributed by atoms with Gasteiger partial charge in [-0.25, -0.2) is 8.42 Å². The molecule has 2 atom stereocenters. The third kappa shape index (κ3) is 2.64. The lowest BCUT2D eigenvalue weighted by molar-refractivity contribution is -0.139. The highest BCUT2D eigenvalue weighted by atomic mass is 79.9. The molecule has 1 aromatic carbocycles. The molecular weight excluding hydrogens is 358 g/mol. The molecule has 2 aliphatic heterocycles. The minimum absolute atomic E-state index is 0.0397. The molecule has 2 amide bonds. The zero-order valence-electron chi connectivity index (χ0n) is 11.1. The predicted molar refractivity (Wildman–Crippen MR) is 80.4 cm³/mol. The third-order valence-electron chi connectivity index (χ3n) is 4.25. The molecule has 0 aliphatic carbocycles. The van der Waals surface area contributed by atoms with Crippen LogP contribution in [-0.2, 0) is 19.4 Å². The van der Waals surface area contributed by atoms with Gasteiger partial charge in [-0.2, -0.15) is 0 Å². The number of benzene rings is 1. The molecule has 7 heteroatoms. The van der Waals surface area contributed by atoms with Gasteiger partial charge < -0.3 is 0 Å². The van der Waals surface area contributed by atoms with E-state index in [-0.39, 0.29) is 23.8 Å². The van der Waals surface area contributed by atoms with Crippen molar-refractivity contribution in [1.82, 2.24) is 5.32 Å². The summed E-state index contributed by atoms with van der Waals surface area (Å²) in [5, 5.41) is 2.34. The van der Waals surface area contributed by atoms with Gasteiger partial charge in [0.05, 0.1) is 17.4 Å². The van der Waals surface area contributed by atoms with E-state index in [4.69, 9.17) is 0 Å². The molecule has 1 aromatic rings. The number of piperidine rings is 1. The Hall–Kier alpha value is -1.21. The topological polar surface area (TPSA) is 80.3 Å². The van der Waals surface area contributed by atoms with Crippen molar-refractivity contribution in [3.8, 4) is 0 Å². The van der Waals surface area contributed by atoms with Gasteiger partial charge in [0.15, 0.2) is 9.84 Å². The largest absolute Gasteiger partial charge is 0.296 e. The molecular formula is C14H14BrNO4S.